The number of hydrogen-bond acceptors (Lipinski definition) is 3. The van der Waals surface area contributed by atoms with E-state index in [-0.39, 0.29) is 0 Å². The van der Waals surface area contributed by atoms with E-state index in [1.807, 2.05) is 6.20 Å². The number of nitrogens with one attached hydrogen (secondary N) is 1. The fourth-order valence-electron chi connectivity index (χ4n) is 1.01. The van der Waals surface area contributed by atoms with Crippen LogP contribution < -0.4 is 5.32 Å². The maximum atomic E-state index is 4.06. The molecular weight excluding hydrogens is 194 g/mol. The van der Waals surface area contributed by atoms with Crippen molar-refractivity contribution in [1.29, 1.82) is 0 Å². The summed E-state index contributed by atoms with van der Waals surface area (Å²) in [7, 11) is 0. The largest absolute Gasteiger partial charge is 0.368 e. The molecule has 0 radical (unpaired) electrons. The molecule has 3 nitrogen and oxygen atoms in total. The van der Waals surface area contributed by atoms with E-state index in [9.17, 15) is 0 Å². The predicted octanol–water partition coefficient (Wildman–Crippen LogP) is 1.34. The Morgan fingerprint density at radius 3 is 3.40 bits per heavy atom. The number of rotatable bonds is 0. The van der Waals surface area contributed by atoms with Crippen LogP contribution in [0.25, 0.3) is 0 Å². The van der Waals surface area contributed by atoms with Crippen LogP contribution in [-0.4, -0.2) is 16.5 Å². The quantitative estimate of drug-likeness (QED) is 0.642. The summed E-state index contributed by atoms with van der Waals surface area (Å²) < 4.78 is 0. The Morgan fingerprint density at radius 2 is 2.60 bits per heavy atom. The fraction of sp³-hybridized carbons (Fsp3) is 0.333. The molecule has 10 heavy (non-hydrogen) atoms. The van der Waals surface area contributed by atoms with E-state index in [2.05, 4.69) is 31.2 Å². The van der Waals surface area contributed by atoms with Gasteiger partial charge in [-0.3, -0.25) is 0 Å². The Balaban J connectivity index is 2.51. The number of aromatic nitrogens is 2. The lowest BCUT2D eigenvalue weighted by atomic mass is 10.3. The first-order valence-corrected chi connectivity index (χ1v) is 3.97. The average Bonchev–Trinajstić information content (AvgIpc) is 2.34. The monoisotopic (exact) mass is 199 g/mol. The van der Waals surface area contributed by atoms with Crippen molar-refractivity contribution in [3.05, 3.63) is 18.1 Å². The molecule has 1 aromatic heterocycles. The van der Waals surface area contributed by atoms with Gasteiger partial charge in [0.25, 0.3) is 0 Å². The van der Waals surface area contributed by atoms with Crippen LogP contribution >= 0.6 is 15.9 Å². The molecular formula is C6H6BrN3. The molecule has 2 heterocycles. The van der Waals surface area contributed by atoms with Gasteiger partial charge in [-0.25, -0.2) is 9.97 Å². The van der Waals surface area contributed by atoms with Gasteiger partial charge in [0, 0.05) is 18.3 Å². The highest BCUT2D eigenvalue weighted by molar-refractivity contribution is 9.09. The first-order chi connectivity index (χ1) is 4.88. The van der Waals surface area contributed by atoms with Gasteiger partial charge in [-0.2, -0.15) is 0 Å². The van der Waals surface area contributed by atoms with Crippen LogP contribution in [0.4, 0.5) is 5.82 Å². The molecule has 0 aromatic carbocycles. The van der Waals surface area contributed by atoms with Crippen LogP contribution in [0.15, 0.2) is 12.5 Å². The maximum Gasteiger partial charge on any atom is 0.133 e. The van der Waals surface area contributed by atoms with Crippen LogP contribution in [0.1, 0.15) is 10.4 Å². The number of nitrogens with zero attached hydrogens (tertiary/aromatic N) is 2. The second-order valence-corrected chi connectivity index (χ2v) is 3.28. The molecule has 0 fully saturated rings. The van der Waals surface area contributed by atoms with Crippen molar-refractivity contribution >= 4 is 21.7 Å². The summed E-state index contributed by atoms with van der Waals surface area (Å²) in [5.74, 6) is 0.955. The van der Waals surface area contributed by atoms with Crippen molar-refractivity contribution in [3.8, 4) is 0 Å². The Hall–Kier alpha value is -0.640. The molecule has 1 aromatic rings. The van der Waals surface area contributed by atoms with Gasteiger partial charge in [-0.15, -0.1) is 0 Å². The zero-order valence-electron chi connectivity index (χ0n) is 5.21. The Morgan fingerprint density at radius 1 is 1.70 bits per heavy atom. The van der Waals surface area contributed by atoms with Crippen LogP contribution in [0.5, 0.6) is 0 Å². The predicted molar refractivity (Wildman–Crippen MR) is 42.2 cm³/mol. The molecule has 0 aliphatic carbocycles. The van der Waals surface area contributed by atoms with E-state index >= 15 is 0 Å². The van der Waals surface area contributed by atoms with E-state index in [1.165, 1.54) is 0 Å². The molecule has 52 valence electrons. The number of fused-ring (bicyclic) bond motifs is 1. The zero-order valence-corrected chi connectivity index (χ0v) is 6.80. The standard InChI is InChI=1S/C6H6BrN3/c7-5-2-9-6-4(5)1-8-3-10-6/h1,3,5H,2H2,(H,8,9,10). The highest BCUT2D eigenvalue weighted by Crippen LogP contribution is 2.32. The molecule has 0 saturated heterocycles. The number of halogens is 1. The first-order valence-electron chi connectivity index (χ1n) is 3.06. The normalized spacial score (nSPS) is 21.9. The van der Waals surface area contributed by atoms with Gasteiger partial charge in [0.05, 0.1) is 4.83 Å². The molecule has 1 unspecified atom stereocenters. The van der Waals surface area contributed by atoms with E-state index in [1.54, 1.807) is 6.33 Å². The topological polar surface area (TPSA) is 37.8 Å². The summed E-state index contributed by atoms with van der Waals surface area (Å²) in [5, 5.41) is 3.15. The van der Waals surface area contributed by atoms with Gasteiger partial charge in [-0.1, -0.05) is 15.9 Å². The lowest BCUT2D eigenvalue weighted by Crippen LogP contribution is -1.94. The number of hydrogen-bond donors (Lipinski definition) is 1. The Labute approximate surface area is 67.0 Å². The minimum Gasteiger partial charge on any atom is -0.368 e. The summed E-state index contributed by atoms with van der Waals surface area (Å²) in [6, 6.07) is 0. The van der Waals surface area contributed by atoms with Gasteiger partial charge in [0.15, 0.2) is 0 Å². The van der Waals surface area contributed by atoms with Crippen molar-refractivity contribution in [2.75, 3.05) is 11.9 Å². The van der Waals surface area contributed by atoms with E-state index in [0.29, 0.717) is 4.83 Å². The average molecular weight is 200 g/mol. The van der Waals surface area contributed by atoms with Gasteiger partial charge in [-0.05, 0) is 0 Å². The highest BCUT2D eigenvalue weighted by Gasteiger charge is 2.19. The third-order valence-corrected chi connectivity index (χ3v) is 2.34. The third kappa shape index (κ3) is 0.794. The van der Waals surface area contributed by atoms with E-state index in [0.717, 1.165) is 17.9 Å². The summed E-state index contributed by atoms with van der Waals surface area (Å²) in [4.78, 5) is 8.36. The molecule has 0 amide bonds. The molecule has 4 heteroatoms. The van der Waals surface area contributed by atoms with Crippen LogP contribution in [0.3, 0.4) is 0 Å². The lowest BCUT2D eigenvalue weighted by Gasteiger charge is -1.95. The summed E-state index contributed by atoms with van der Waals surface area (Å²) >= 11 is 3.49. The minimum absolute atomic E-state index is 0.378. The molecule has 2 rings (SSSR count). The first kappa shape index (κ1) is 6.09. The third-order valence-electron chi connectivity index (χ3n) is 1.53. The zero-order chi connectivity index (χ0) is 6.97. The summed E-state index contributed by atoms with van der Waals surface area (Å²) in [6.45, 7) is 0.911. The minimum atomic E-state index is 0.378. The molecule has 1 aliphatic heterocycles. The number of anilines is 1. The summed E-state index contributed by atoms with van der Waals surface area (Å²) in [6.07, 6.45) is 3.39. The van der Waals surface area contributed by atoms with Gasteiger partial charge >= 0.3 is 0 Å². The van der Waals surface area contributed by atoms with Crippen molar-refractivity contribution in [1.82, 2.24) is 9.97 Å². The molecule has 1 atom stereocenters. The SMILES string of the molecule is BrC1CNc2ncncc21. The van der Waals surface area contributed by atoms with Crippen molar-refractivity contribution in [3.63, 3.8) is 0 Å². The van der Waals surface area contributed by atoms with Crippen LogP contribution in [-0.2, 0) is 0 Å². The maximum absolute atomic E-state index is 4.06. The molecule has 0 bridgehead atoms. The van der Waals surface area contributed by atoms with E-state index in [4.69, 9.17) is 0 Å². The molecule has 0 saturated carbocycles. The van der Waals surface area contributed by atoms with Gasteiger partial charge < -0.3 is 5.32 Å². The van der Waals surface area contributed by atoms with Gasteiger partial charge in [0.2, 0.25) is 0 Å². The summed E-state index contributed by atoms with van der Waals surface area (Å²) in [5.41, 5.74) is 1.16. The van der Waals surface area contributed by atoms with Crippen molar-refractivity contribution in [2.45, 2.75) is 4.83 Å². The number of alkyl halides is 1. The second kappa shape index (κ2) is 2.20. The Kier molecular flexibility index (Phi) is 1.34. The lowest BCUT2D eigenvalue weighted by molar-refractivity contribution is 1.07. The van der Waals surface area contributed by atoms with E-state index < -0.39 is 0 Å². The molecule has 1 aliphatic rings. The smallest absolute Gasteiger partial charge is 0.133 e. The highest BCUT2D eigenvalue weighted by atomic mass is 79.9. The fourth-order valence-corrected chi connectivity index (χ4v) is 1.51. The van der Waals surface area contributed by atoms with Crippen molar-refractivity contribution < 1.29 is 0 Å². The molecule has 0 spiro atoms. The molecule has 1 N–H and O–H groups in total. The van der Waals surface area contributed by atoms with Crippen LogP contribution in [0.2, 0.25) is 0 Å². The van der Waals surface area contributed by atoms with Crippen LogP contribution in [0, 0.1) is 0 Å². The van der Waals surface area contributed by atoms with Crippen molar-refractivity contribution in [2.24, 2.45) is 0 Å². The van der Waals surface area contributed by atoms with Gasteiger partial charge in [0.1, 0.15) is 12.1 Å². The second-order valence-electron chi connectivity index (χ2n) is 2.18. The Bertz CT molecular complexity index is 251.